The molecule has 1 N–H and O–H groups in total. The van der Waals surface area contributed by atoms with Crippen LogP contribution in [-0.2, 0) is 0 Å². The van der Waals surface area contributed by atoms with Crippen LogP contribution in [0.3, 0.4) is 0 Å². The van der Waals surface area contributed by atoms with E-state index >= 15 is 0 Å². The van der Waals surface area contributed by atoms with Gasteiger partial charge in [-0.25, -0.2) is 0 Å². The molecule has 0 amide bonds. The Labute approximate surface area is 121 Å². The third-order valence-corrected chi connectivity index (χ3v) is 4.10. The van der Waals surface area contributed by atoms with Crippen molar-refractivity contribution in [2.75, 3.05) is 11.9 Å². The van der Waals surface area contributed by atoms with Gasteiger partial charge in [0.25, 0.3) is 0 Å². The summed E-state index contributed by atoms with van der Waals surface area (Å²) in [6.45, 7) is 7.31. The number of hydrogen-bond acceptors (Lipinski definition) is 2. The largest absolute Gasteiger partial charge is 0.492 e. The van der Waals surface area contributed by atoms with Gasteiger partial charge in [0.2, 0.25) is 0 Å². The summed E-state index contributed by atoms with van der Waals surface area (Å²) in [5, 5.41) is 4.29. The predicted octanol–water partition coefficient (Wildman–Crippen LogP) is 5.12. The minimum absolute atomic E-state index is 0.449. The van der Waals surface area contributed by atoms with E-state index in [1.807, 2.05) is 19.1 Å². The number of anilines is 1. The zero-order valence-electron chi connectivity index (χ0n) is 12.1. The van der Waals surface area contributed by atoms with Gasteiger partial charge in [0.1, 0.15) is 5.75 Å². The fourth-order valence-corrected chi connectivity index (χ4v) is 3.16. The van der Waals surface area contributed by atoms with Crippen molar-refractivity contribution in [1.82, 2.24) is 0 Å². The van der Waals surface area contributed by atoms with Crippen LogP contribution >= 0.6 is 11.6 Å². The lowest BCUT2D eigenvalue weighted by atomic mass is 9.75. The monoisotopic (exact) mass is 281 g/mol. The molecule has 1 fully saturated rings. The molecule has 0 spiro atoms. The van der Waals surface area contributed by atoms with E-state index in [0.29, 0.717) is 23.1 Å². The fourth-order valence-electron chi connectivity index (χ4n) is 2.92. The molecule has 3 heteroatoms. The van der Waals surface area contributed by atoms with E-state index in [2.05, 4.69) is 25.2 Å². The molecule has 2 rings (SSSR count). The Morgan fingerprint density at radius 3 is 2.84 bits per heavy atom. The van der Waals surface area contributed by atoms with Crippen LogP contribution in [0.1, 0.15) is 46.5 Å². The minimum Gasteiger partial charge on any atom is -0.492 e. The Kier molecular flexibility index (Phi) is 4.62. The van der Waals surface area contributed by atoms with Gasteiger partial charge in [-0.3, -0.25) is 0 Å². The standard InChI is InChI=1S/C16H24ClNO/c1-4-19-15-8-7-12(10-14(15)17)18-13-6-5-9-16(2,3)11-13/h7-8,10,13,18H,4-6,9,11H2,1-3H3. The summed E-state index contributed by atoms with van der Waals surface area (Å²) >= 11 is 6.22. The molecule has 1 atom stereocenters. The highest BCUT2D eigenvalue weighted by Gasteiger charge is 2.27. The highest BCUT2D eigenvalue weighted by Crippen LogP contribution is 2.37. The normalized spacial score (nSPS) is 22.0. The summed E-state index contributed by atoms with van der Waals surface area (Å²) < 4.78 is 5.45. The molecule has 1 aromatic carbocycles. The molecule has 0 radical (unpaired) electrons. The maximum Gasteiger partial charge on any atom is 0.138 e. The van der Waals surface area contributed by atoms with Crippen molar-refractivity contribution in [2.45, 2.75) is 52.5 Å². The molecule has 106 valence electrons. The molecular formula is C16H24ClNO. The highest BCUT2D eigenvalue weighted by molar-refractivity contribution is 6.32. The SMILES string of the molecule is CCOc1ccc(NC2CCCC(C)(C)C2)cc1Cl. The molecule has 1 aromatic rings. The second-order valence-electron chi connectivity index (χ2n) is 6.18. The first-order valence-corrected chi connectivity index (χ1v) is 7.57. The predicted molar refractivity (Wildman–Crippen MR) is 82.3 cm³/mol. The van der Waals surface area contributed by atoms with E-state index in [1.54, 1.807) is 0 Å². The lowest BCUT2D eigenvalue weighted by Crippen LogP contribution is -2.31. The average molecular weight is 282 g/mol. The van der Waals surface area contributed by atoms with Crippen LogP contribution in [0.15, 0.2) is 18.2 Å². The summed E-state index contributed by atoms with van der Waals surface area (Å²) in [5.41, 5.74) is 1.54. The fraction of sp³-hybridized carbons (Fsp3) is 0.625. The first-order chi connectivity index (χ1) is 9.00. The van der Waals surface area contributed by atoms with E-state index in [0.717, 1.165) is 11.4 Å². The first-order valence-electron chi connectivity index (χ1n) is 7.19. The molecule has 2 nitrogen and oxygen atoms in total. The molecule has 1 saturated carbocycles. The van der Waals surface area contributed by atoms with Gasteiger partial charge in [-0.05, 0) is 49.8 Å². The maximum absolute atomic E-state index is 6.22. The molecule has 1 aliphatic carbocycles. The van der Waals surface area contributed by atoms with Crippen molar-refractivity contribution in [3.8, 4) is 5.75 Å². The van der Waals surface area contributed by atoms with Crippen molar-refractivity contribution < 1.29 is 4.74 Å². The lowest BCUT2D eigenvalue weighted by molar-refractivity contribution is 0.229. The second kappa shape index (κ2) is 6.04. The lowest BCUT2D eigenvalue weighted by Gasteiger charge is -2.36. The third-order valence-electron chi connectivity index (χ3n) is 3.81. The molecular weight excluding hydrogens is 258 g/mol. The molecule has 1 unspecified atom stereocenters. The zero-order valence-corrected chi connectivity index (χ0v) is 12.9. The quantitative estimate of drug-likeness (QED) is 0.827. The number of halogens is 1. The number of ether oxygens (including phenoxy) is 1. The van der Waals surface area contributed by atoms with Crippen LogP contribution in [0.25, 0.3) is 0 Å². The van der Waals surface area contributed by atoms with Gasteiger partial charge in [-0.15, -0.1) is 0 Å². The van der Waals surface area contributed by atoms with Gasteiger partial charge in [0.15, 0.2) is 0 Å². The minimum atomic E-state index is 0.449. The van der Waals surface area contributed by atoms with Gasteiger partial charge in [0.05, 0.1) is 11.6 Å². The number of benzene rings is 1. The molecule has 19 heavy (non-hydrogen) atoms. The van der Waals surface area contributed by atoms with E-state index < -0.39 is 0 Å². The molecule has 0 aliphatic heterocycles. The van der Waals surface area contributed by atoms with Gasteiger partial charge in [-0.1, -0.05) is 31.9 Å². The number of nitrogens with one attached hydrogen (secondary N) is 1. The van der Waals surface area contributed by atoms with Crippen LogP contribution < -0.4 is 10.1 Å². The van der Waals surface area contributed by atoms with Crippen LogP contribution in [-0.4, -0.2) is 12.6 Å². The molecule has 0 heterocycles. The Morgan fingerprint density at radius 2 is 2.21 bits per heavy atom. The van der Waals surface area contributed by atoms with Crippen molar-refractivity contribution >= 4 is 17.3 Å². The molecule has 0 bridgehead atoms. The first kappa shape index (κ1) is 14.5. The highest BCUT2D eigenvalue weighted by atomic mass is 35.5. The van der Waals surface area contributed by atoms with E-state index in [1.165, 1.54) is 25.7 Å². The van der Waals surface area contributed by atoms with Crippen molar-refractivity contribution in [3.63, 3.8) is 0 Å². The van der Waals surface area contributed by atoms with Gasteiger partial charge < -0.3 is 10.1 Å². The number of hydrogen-bond donors (Lipinski definition) is 1. The summed E-state index contributed by atoms with van der Waals surface area (Å²) in [6, 6.07) is 6.52. The Bertz CT molecular complexity index is 431. The zero-order chi connectivity index (χ0) is 13.9. The van der Waals surface area contributed by atoms with Gasteiger partial charge in [-0.2, -0.15) is 0 Å². The second-order valence-corrected chi connectivity index (χ2v) is 6.59. The summed E-state index contributed by atoms with van der Waals surface area (Å²) in [4.78, 5) is 0. The van der Waals surface area contributed by atoms with Gasteiger partial charge >= 0.3 is 0 Å². The Hall–Kier alpha value is -0.890. The van der Waals surface area contributed by atoms with E-state index in [9.17, 15) is 0 Å². The van der Waals surface area contributed by atoms with Gasteiger partial charge in [0, 0.05) is 11.7 Å². The topological polar surface area (TPSA) is 21.3 Å². The third kappa shape index (κ3) is 4.04. The molecule has 0 aromatic heterocycles. The smallest absolute Gasteiger partial charge is 0.138 e. The maximum atomic E-state index is 6.22. The summed E-state index contributed by atoms with van der Waals surface area (Å²) in [5.74, 6) is 0.763. The molecule has 0 saturated heterocycles. The Balaban J connectivity index is 2.01. The van der Waals surface area contributed by atoms with Crippen LogP contribution in [0.4, 0.5) is 5.69 Å². The van der Waals surface area contributed by atoms with Crippen LogP contribution in [0.5, 0.6) is 5.75 Å². The average Bonchev–Trinajstić information content (AvgIpc) is 2.31. The van der Waals surface area contributed by atoms with Crippen molar-refractivity contribution in [3.05, 3.63) is 23.2 Å². The van der Waals surface area contributed by atoms with Crippen LogP contribution in [0, 0.1) is 5.41 Å². The Morgan fingerprint density at radius 1 is 1.42 bits per heavy atom. The van der Waals surface area contributed by atoms with Crippen LogP contribution in [0.2, 0.25) is 5.02 Å². The van der Waals surface area contributed by atoms with Crippen molar-refractivity contribution in [1.29, 1.82) is 0 Å². The number of rotatable bonds is 4. The van der Waals surface area contributed by atoms with E-state index in [-0.39, 0.29) is 0 Å². The summed E-state index contributed by atoms with van der Waals surface area (Å²) in [6.07, 6.45) is 5.09. The summed E-state index contributed by atoms with van der Waals surface area (Å²) in [7, 11) is 0. The van der Waals surface area contributed by atoms with E-state index in [4.69, 9.17) is 16.3 Å². The van der Waals surface area contributed by atoms with Crippen molar-refractivity contribution in [2.24, 2.45) is 5.41 Å². The molecule has 1 aliphatic rings.